The second-order valence-electron chi connectivity index (χ2n) is 4.85. The van der Waals surface area contributed by atoms with Crippen LogP contribution in [0.25, 0.3) is 0 Å². The Morgan fingerprint density at radius 2 is 2.11 bits per heavy atom. The average Bonchev–Trinajstić information content (AvgIpc) is 2.42. The molecule has 2 rings (SSSR count). The largest absolute Gasteiger partial charge is 0.376 e. The standard InChI is InChI=1S/C12H23N3O3/c13-3-6-15-4-1-10(2-5-15)14-12(16)11-9-17-7-8-18-11/h10-11H,1-9,13H2,(H,14,16). The van der Waals surface area contributed by atoms with E-state index in [1.165, 1.54) is 0 Å². The zero-order chi connectivity index (χ0) is 12.8. The van der Waals surface area contributed by atoms with E-state index in [1.54, 1.807) is 0 Å². The number of rotatable bonds is 4. The highest BCUT2D eigenvalue weighted by Gasteiger charge is 2.26. The quantitative estimate of drug-likeness (QED) is 0.671. The maximum Gasteiger partial charge on any atom is 0.251 e. The monoisotopic (exact) mass is 257 g/mol. The molecule has 2 aliphatic heterocycles. The number of nitrogens with two attached hydrogens (primary N) is 1. The van der Waals surface area contributed by atoms with Crippen LogP contribution in [0.15, 0.2) is 0 Å². The van der Waals surface area contributed by atoms with Crippen LogP contribution in [0.1, 0.15) is 12.8 Å². The zero-order valence-electron chi connectivity index (χ0n) is 10.8. The zero-order valence-corrected chi connectivity index (χ0v) is 10.8. The molecule has 6 nitrogen and oxygen atoms in total. The van der Waals surface area contributed by atoms with Gasteiger partial charge in [-0.25, -0.2) is 0 Å². The third kappa shape index (κ3) is 3.91. The molecule has 2 heterocycles. The van der Waals surface area contributed by atoms with Crippen molar-refractivity contribution < 1.29 is 14.3 Å². The van der Waals surface area contributed by atoms with Gasteiger partial charge in [-0.2, -0.15) is 0 Å². The van der Waals surface area contributed by atoms with Gasteiger partial charge in [-0.15, -0.1) is 0 Å². The highest BCUT2D eigenvalue weighted by atomic mass is 16.6. The number of likely N-dealkylation sites (tertiary alicyclic amines) is 1. The molecule has 104 valence electrons. The van der Waals surface area contributed by atoms with E-state index in [1.807, 2.05) is 0 Å². The fourth-order valence-corrected chi connectivity index (χ4v) is 2.42. The molecule has 2 saturated heterocycles. The summed E-state index contributed by atoms with van der Waals surface area (Å²) < 4.78 is 10.6. The van der Waals surface area contributed by atoms with Crippen LogP contribution in [0.3, 0.4) is 0 Å². The maximum absolute atomic E-state index is 11.9. The molecule has 0 bridgehead atoms. The van der Waals surface area contributed by atoms with E-state index in [4.69, 9.17) is 15.2 Å². The van der Waals surface area contributed by atoms with Crippen LogP contribution in [0.5, 0.6) is 0 Å². The highest BCUT2D eigenvalue weighted by Crippen LogP contribution is 2.10. The highest BCUT2D eigenvalue weighted by molar-refractivity contribution is 5.81. The molecule has 0 aromatic rings. The van der Waals surface area contributed by atoms with Crippen molar-refractivity contribution in [3.63, 3.8) is 0 Å². The number of nitrogens with zero attached hydrogens (tertiary/aromatic N) is 1. The summed E-state index contributed by atoms with van der Waals surface area (Å²) in [6.07, 6.45) is 1.54. The van der Waals surface area contributed by atoms with Crippen molar-refractivity contribution in [2.45, 2.75) is 25.0 Å². The number of amides is 1. The minimum Gasteiger partial charge on any atom is -0.376 e. The van der Waals surface area contributed by atoms with Crippen molar-refractivity contribution in [1.29, 1.82) is 0 Å². The van der Waals surface area contributed by atoms with Crippen molar-refractivity contribution in [2.75, 3.05) is 46.0 Å². The SMILES string of the molecule is NCCN1CCC(NC(=O)C2COCCO2)CC1. The summed E-state index contributed by atoms with van der Waals surface area (Å²) in [4.78, 5) is 14.3. The van der Waals surface area contributed by atoms with E-state index in [2.05, 4.69) is 10.2 Å². The number of carbonyl (C=O) groups excluding carboxylic acids is 1. The number of ether oxygens (including phenoxy) is 2. The first-order chi connectivity index (χ1) is 8.79. The number of carbonyl (C=O) groups is 1. The first-order valence-electron chi connectivity index (χ1n) is 6.71. The molecule has 1 atom stereocenters. The predicted molar refractivity (Wildman–Crippen MR) is 67.2 cm³/mol. The van der Waals surface area contributed by atoms with Gasteiger partial charge in [0.2, 0.25) is 0 Å². The molecule has 3 N–H and O–H groups in total. The first kappa shape index (κ1) is 13.7. The average molecular weight is 257 g/mol. The van der Waals surface area contributed by atoms with Crippen molar-refractivity contribution in [3.8, 4) is 0 Å². The van der Waals surface area contributed by atoms with Crippen molar-refractivity contribution in [1.82, 2.24) is 10.2 Å². The van der Waals surface area contributed by atoms with Gasteiger partial charge >= 0.3 is 0 Å². The molecule has 0 aromatic carbocycles. The molecule has 2 aliphatic rings. The lowest BCUT2D eigenvalue weighted by Crippen LogP contribution is -2.50. The molecule has 1 amide bonds. The van der Waals surface area contributed by atoms with Gasteiger partial charge in [0.1, 0.15) is 0 Å². The Kier molecular flexibility index (Phi) is 5.37. The van der Waals surface area contributed by atoms with Gasteiger partial charge in [0, 0.05) is 32.2 Å². The van der Waals surface area contributed by atoms with Crippen LogP contribution in [-0.2, 0) is 14.3 Å². The van der Waals surface area contributed by atoms with Gasteiger partial charge in [-0.1, -0.05) is 0 Å². The summed E-state index contributed by atoms with van der Waals surface area (Å²) in [6.45, 7) is 5.12. The second-order valence-corrected chi connectivity index (χ2v) is 4.85. The molecular formula is C12H23N3O3. The number of hydrogen-bond acceptors (Lipinski definition) is 5. The summed E-state index contributed by atoms with van der Waals surface area (Å²) in [6, 6.07) is 0.261. The fraction of sp³-hybridized carbons (Fsp3) is 0.917. The summed E-state index contributed by atoms with van der Waals surface area (Å²) >= 11 is 0. The molecule has 2 fully saturated rings. The van der Waals surface area contributed by atoms with Crippen LogP contribution in [0.2, 0.25) is 0 Å². The maximum atomic E-state index is 11.9. The summed E-state index contributed by atoms with van der Waals surface area (Å²) in [5.74, 6) is -0.0352. The van der Waals surface area contributed by atoms with Gasteiger partial charge in [0.05, 0.1) is 19.8 Å². The molecule has 6 heteroatoms. The number of nitrogens with one attached hydrogen (secondary N) is 1. The molecule has 0 saturated carbocycles. The second kappa shape index (κ2) is 7.04. The lowest BCUT2D eigenvalue weighted by atomic mass is 10.0. The molecule has 1 unspecified atom stereocenters. The molecule has 18 heavy (non-hydrogen) atoms. The van der Waals surface area contributed by atoms with Gasteiger partial charge < -0.3 is 25.4 Å². The van der Waals surface area contributed by atoms with E-state index in [9.17, 15) is 4.79 Å². The lowest BCUT2D eigenvalue weighted by Gasteiger charge is -2.33. The number of hydrogen-bond donors (Lipinski definition) is 2. The van der Waals surface area contributed by atoms with Crippen LogP contribution in [-0.4, -0.2) is 69.0 Å². The summed E-state index contributed by atoms with van der Waals surface area (Å²) in [7, 11) is 0. The third-order valence-electron chi connectivity index (χ3n) is 3.49. The minimum atomic E-state index is -0.430. The predicted octanol–water partition coefficient (Wildman–Crippen LogP) is -1.06. The van der Waals surface area contributed by atoms with Gasteiger partial charge in [-0.05, 0) is 12.8 Å². The molecule has 0 aromatic heterocycles. The normalized spacial score (nSPS) is 27.1. The van der Waals surface area contributed by atoms with E-state index in [-0.39, 0.29) is 11.9 Å². The smallest absolute Gasteiger partial charge is 0.251 e. The fourth-order valence-electron chi connectivity index (χ4n) is 2.42. The Hall–Kier alpha value is -0.690. The Balaban J connectivity index is 1.68. The van der Waals surface area contributed by atoms with E-state index in [0.717, 1.165) is 32.5 Å². The Bertz CT molecular complexity index is 261. The topological polar surface area (TPSA) is 76.8 Å². The summed E-state index contributed by atoms with van der Waals surface area (Å²) in [5.41, 5.74) is 5.53. The van der Waals surface area contributed by atoms with Gasteiger partial charge in [-0.3, -0.25) is 4.79 Å². The molecule has 0 aliphatic carbocycles. The number of piperidine rings is 1. The van der Waals surface area contributed by atoms with E-state index in [0.29, 0.717) is 26.4 Å². The minimum absolute atomic E-state index is 0.0352. The Morgan fingerprint density at radius 1 is 1.33 bits per heavy atom. The van der Waals surface area contributed by atoms with Crippen molar-refractivity contribution in [2.24, 2.45) is 5.73 Å². The summed E-state index contributed by atoms with van der Waals surface area (Å²) in [5, 5.41) is 3.05. The lowest BCUT2D eigenvalue weighted by molar-refractivity contribution is -0.148. The van der Waals surface area contributed by atoms with Gasteiger partial charge in [0.25, 0.3) is 5.91 Å². The van der Waals surface area contributed by atoms with Crippen LogP contribution < -0.4 is 11.1 Å². The van der Waals surface area contributed by atoms with Crippen LogP contribution >= 0.6 is 0 Å². The molecule has 0 spiro atoms. The molecular weight excluding hydrogens is 234 g/mol. The van der Waals surface area contributed by atoms with E-state index < -0.39 is 6.10 Å². The third-order valence-corrected chi connectivity index (χ3v) is 3.49. The molecule has 0 radical (unpaired) electrons. The van der Waals surface area contributed by atoms with Crippen LogP contribution in [0, 0.1) is 0 Å². The van der Waals surface area contributed by atoms with Gasteiger partial charge in [0.15, 0.2) is 6.10 Å². The Labute approximate surface area is 108 Å². The van der Waals surface area contributed by atoms with Crippen molar-refractivity contribution >= 4 is 5.91 Å². The van der Waals surface area contributed by atoms with Crippen LogP contribution in [0.4, 0.5) is 0 Å². The van der Waals surface area contributed by atoms with Crippen molar-refractivity contribution in [3.05, 3.63) is 0 Å². The van der Waals surface area contributed by atoms with E-state index >= 15 is 0 Å². The first-order valence-corrected chi connectivity index (χ1v) is 6.71. The Morgan fingerprint density at radius 3 is 2.72 bits per heavy atom.